The van der Waals surface area contributed by atoms with Gasteiger partial charge in [0.15, 0.2) is 0 Å². The molecule has 1 aliphatic carbocycles. The maximum atomic E-state index is 12.4. The number of aliphatic carboxylic acids is 1. The average Bonchev–Trinajstić information content (AvgIpc) is 3.00. The highest BCUT2D eigenvalue weighted by molar-refractivity contribution is 6.00. The Balaban J connectivity index is 1.76. The first kappa shape index (κ1) is 19.4. The molecule has 7 heteroatoms. The van der Waals surface area contributed by atoms with Crippen LogP contribution < -0.4 is 0 Å². The van der Waals surface area contributed by atoms with Gasteiger partial charge < -0.3 is 14.6 Å². The fraction of sp³-hybridized carbons (Fsp3) is 0.286. The zero-order chi connectivity index (χ0) is 20.3. The van der Waals surface area contributed by atoms with E-state index in [2.05, 4.69) is 0 Å². The van der Waals surface area contributed by atoms with Crippen LogP contribution in [0.5, 0.6) is 0 Å². The number of carboxylic acid groups (broad SMARTS) is 1. The van der Waals surface area contributed by atoms with Gasteiger partial charge in [-0.3, -0.25) is 4.90 Å². The van der Waals surface area contributed by atoms with Crippen molar-refractivity contribution in [3.05, 3.63) is 59.7 Å². The minimum atomic E-state index is -1.75. The molecule has 0 spiro atoms. The van der Waals surface area contributed by atoms with E-state index >= 15 is 0 Å². The van der Waals surface area contributed by atoms with Crippen molar-refractivity contribution in [1.82, 2.24) is 4.90 Å². The zero-order valence-corrected chi connectivity index (χ0v) is 15.6. The van der Waals surface area contributed by atoms with Crippen LogP contribution in [0.15, 0.2) is 48.5 Å². The first-order valence-electron chi connectivity index (χ1n) is 8.93. The molecule has 0 radical (unpaired) electrons. The molecule has 1 aliphatic rings. The van der Waals surface area contributed by atoms with Crippen molar-refractivity contribution in [2.75, 3.05) is 20.3 Å². The van der Waals surface area contributed by atoms with Crippen molar-refractivity contribution in [2.24, 2.45) is 0 Å². The molecule has 0 heterocycles. The van der Waals surface area contributed by atoms with E-state index in [4.69, 9.17) is 9.47 Å². The van der Waals surface area contributed by atoms with Crippen molar-refractivity contribution in [2.45, 2.75) is 18.9 Å². The third-order valence-electron chi connectivity index (χ3n) is 4.76. The van der Waals surface area contributed by atoms with Crippen LogP contribution in [0.1, 0.15) is 24.0 Å². The number of esters is 1. The smallest absolute Gasteiger partial charge is 0.410 e. The molecule has 0 saturated heterocycles. The number of likely N-dealkylation sites (N-methyl/N-ethyl adjacent to an activating group) is 1. The number of rotatable bonds is 6. The van der Waals surface area contributed by atoms with E-state index in [1.54, 1.807) is 6.92 Å². The van der Waals surface area contributed by atoms with Gasteiger partial charge in [-0.05, 0) is 29.2 Å². The minimum absolute atomic E-state index is 0.0150. The molecule has 1 unspecified atom stereocenters. The van der Waals surface area contributed by atoms with Gasteiger partial charge in [-0.1, -0.05) is 48.5 Å². The second-order valence-corrected chi connectivity index (χ2v) is 6.41. The molecular weight excluding hydrogens is 362 g/mol. The van der Waals surface area contributed by atoms with E-state index in [0.717, 1.165) is 27.2 Å². The van der Waals surface area contributed by atoms with Crippen LogP contribution in [-0.2, 0) is 19.1 Å². The van der Waals surface area contributed by atoms with Crippen LogP contribution in [-0.4, -0.2) is 54.3 Å². The highest BCUT2D eigenvalue weighted by Crippen LogP contribution is 2.44. The molecule has 0 aliphatic heterocycles. The summed E-state index contributed by atoms with van der Waals surface area (Å²) in [7, 11) is 1.20. The summed E-state index contributed by atoms with van der Waals surface area (Å²) in [6.45, 7) is 1.61. The lowest BCUT2D eigenvalue weighted by Gasteiger charge is -2.23. The molecule has 2 aromatic carbocycles. The van der Waals surface area contributed by atoms with E-state index in [-0.39, 0.29) is 19.1 Å². The zero-order valence-electron chi connectivity index (χ0n) is 15.6. The average molecular weight is 383 g/mol. The maximum Gasteiger partial charge on any atom is 0.410 e. The van der Waals surface area contributed by atoms with Crippen molar-refractivity contribution >= 4 is 18.0 Å². The molecule has 1 amide bonds. The Morgan fingerprint density at radius 3 is 2.04 bits per heavy atom. The summed E-state index contributed by atoms with van der Waals surface area (Å²) < 4.78 is 10.1. The number of carbonyl (C=O) groups is 3. The summed E-state index contributed by atoms with van der Waals surface area (Å²) in [4.78, 5) is 36.4. The fourth-order valence-corrected chi connectivity index (χ4v) is 3.45. The Kier molecular flexibility index (Phi) is 5.63. The van der Waals surface area contributed by atoms with Crippen molar-refractivity contribution in [1.29, 1.82) is 0 Å². The van der Waals surface area contributed by atoms with Gasteiger partial charge >= 0.3 is 18.0 Å². The molecule has 1 atom stereocenters. The monoisotopic (exact) mass is 383 g/mol. The van der Waals surface area contributed by atoms with Crippen LogP contribution in [0.25, 0.3) is 11.1 Å². The second kappa shape index (κ2) is 8.12. The van der Waals surface area contributed by atoms with Gasteiger partial charge in [0.1, 0.15) is 6.61 Å². The SMILES string of the molecule is CCOC(=O)C(C(=O)O)N(C)C(=O)OCC1c2ccccc2-c2ccccc21. The number of carboxylic acids is 1. The number of hydrogen-bond acceptors (Lipinski definition) is 5. The van der Waals surface area contributed by atoms with Crippen molar-refractivity contribution < 1.29 is 29.0 Å². The van der Waals surface area contributed by atoms with Crippen LogP contribution in [0.2, 0.25) is 0 Å². The molecule has 1 N–H and O–H groups in total. The molecule has 7 nitrogen and oxygen atoms in total. The normalized spacial score (nSPS) is 13.2. The van der Waals surface area contributed by atoms with Gasteiger partial charge in [0, 0.05) is 13.0 Å². The van der Waals surface area contributed by atoms with Crippen LogP contribution in [0.3, 0.4) is 0 Å². The number of amides is 1. The van der Waals surface area contributed by atoms with Gasteiger partial charge in [0.2, 0.25) is 6.04 Å². The standard InChI is InChI=1S/C21H21NO6/c1-3-27-20(25)18(19(23)24)22(2)21(26)28-12-17-15-10-6-4-8-13(15)14-9-5-7-11-16(14)17/h4-11,17-18H,3,12H2,1-2H3,(H,23,24). The first-order chi connectivity index (χ1) is 13.5. The van der Waals surface area contributed by atoms with E-state index < -0.39 is 24.1 Å². The third kappa shape index (κ3) is 3.55. The Labute approximate surface area is 162 Å². The van der Waals surface area contributed by atoms with Gasteiger partial charge in [-0.15, -0.1) is 0 Å². The minimum Gasteiger partial charge on any atom is -0.479 e. The van der Waals surface area contributed by atoms with E-state index in [1.807, 2.05) is 48.5 Å². The molecule has 0 fully saturated rings. The van der Waals surface area contributed by atoms with Crippen LogP contribution in [0.4, 0.5) is 4.79 Å². The molecule has 146 valence electrons. The highest BCUT2D eigenvalue weighted by atomic mass is 16.6. The molecule has 0 bridgehead atoms. The van der Waals surface area contributed by atoms with E-state index in [0.29, 0.717) is 0 Å². The molecule has 0 aromatic heterocycles. The molecule has 0 saturated carbocycles. The lowest BCUT2D eigenvalue weighted by atomic mass is 9.98. The van der Waals surface area contributed by atoms with Crippen LogP contribution >= 0.6 is 0 Å². The van der Waals surface area contributed by atoms with Gasteiger partial charge in [-0.25, -0.2) is 14.4 Å². The highest BCUT2D eigenvalue weighted by Gasteiger charge is 2.37. The summed E-state index contributed by atoms with van der Waals surface area (Å²) in [6.07, 6.45) is -0.901. The summed E-state index contributed by atoms with van der Waals surface area (Å²) in [5.74, 6) is -2.64. The number of hydrogen-bond donors (Lipinski definition) is 1. The second-order valence-electron chi connectivity index (χ2n) is 6.41. The number of nitrogens with zero attached hydrogens (tertiary/aromatic N) is 1. The molecular formula is C21H21NO6. The third-order valence-corrected chi connectivity index (χ3v) is 4.76. The fourth-order valence-electron chi connectivity index (χ4n) is 3.45. The Morgan fingerprint density at radius 2 is 1.54 bits per heavy atom. The summed E-state index contributed by atoms with van der Waals surface area (Å²) >= 11 is 0. The number of carbonyl (C=O) groups excluding carboxylic acids is 2. The molecule has 2 aromatic rings. The van der Waals surface area contributed by atoms with E-state index in [9.17, 15) is 19.5 Å². The predicted molar refractivity (Wildman–Crippen MR) is 101 cm³/mol. The first-order valence-corrected chi connectivity index (χ1v) is 8.93. The number of benzene rings is 2. The molecule has 3 rings (SSSR count). The van der Waals surface area contributed by atoms with Crippen molar-refractivity contribution in [3.8, 4) is 11.1 Å². The quantitative estimate of drug-likeness (QED) is 0.609. The Bertz CT molecular complexity index is 864. The lowest BCUT2D eigenvalue weighted by Crippen LogP contribution is -2.48. The van der Waals surface area contributed by atoms with Gasteiger partial charge in [-0.2, -0.15) is 0 Å². The largest absolute Gasteiger partial charge is 0.479 e. The molecule has 28 heavy (non-hydrogen) atoms. The Morgan fingerprint density at radius 1 is 1.00 bits per heavy atom. The Hall–Kier alpha value is -3.35. The number of fused-ring (bicyclic) bond motifs is 3. The van der Waals surface area contributed by atoms with Gasteiger partial charge in [0.25, 0.3) is 0 Å². The number of ether oxygens (including phenoxy) is 2. The van der Waals surface area contributed by atoms with E-state index in [1.165, 1.54) is 7.05 Å². The summed E-state index contributed by atoms with van der Waals surface area (Å²) in [5.41, 5.74) is 4.25. The predicted octanol–water partition coefficient (Wildman–Crippen LogP) is 2.88. The van der Waals surface area contributed by atoms with Gasteiger partial charge in [0.05, 0.1) is 6.61 Å². The summed E-state index contributed by atoms with van der Waals surface area (Å²) in [6, 6.07) is 14.0. The summed E-state index contributed by atoms with van der Waals surface area (Å²) in [5, 5.41) is 9.28. The van der Waals surface area contributed by atoms with Crippen molar-refractivity contribution in [3.63, 3.8) is 0 Å². The van der Waals surface area contributed by atoms with Crippen LogP contribution in [0, 0.1) is 0 Å². The lowest BCUT2D eigenvalue weighted by molar-refractivity contribution is -0.158. The maximum absolute atomic E-state index is 12.4. The topological polar surface area (TPSA) is 93.1 Å².